The first kappa shape index (κ1) is 32.4. The number of carbonyl (C=O) groups excluding carboxylic acids is 3. The summed E-state index contributed by atoms with van der Waals surface area (Å²) in [5.41, 5.74) is 2.81. The molecule has 3 atom stereocenters. The van der Waals surface area contributed by atoms with E-state index >= 15 is 0 Å². The number of phenols is 1. The molecule has 1 aliphatic carbocycles. The highest BCUT2D eigenvalue weighted by molar-refractivity contribution is 5.97. The second kappa shape index (κ2) is 13.6. The number of carbonyl (C=O) groups is 3. The van der Waals surface area contributed by atoms with Crippen LogP contribution in [-0.2, 0) is 9.59 Å². The largest absolute Gasteiger partial charge is 0.506 e. The maximum atomic E-state index is 14.6. The van der Waals surface area contributed by atoms with Crippen molar-refractivity contribution in [3.63, 3.8) is 0 Å². The van der Waals surface area contributed by atoms with Crippen molar-refractivity contribution in [2.45, 2.75) is 44.4 Å². The summed E-state index contributed by atoms with van der Waals surface area (Å²) in [6.07, 6.45) is 4.92. The summed E-state index contributed by atoms with van der Waals surface area (Å²) in [7, 11) is 2.07. The van der Waals surface area contributed by atoms with E-state index in [0.29, 0.717) is 16.8 Å². The van der Waals surface area contributed by atoms with Crippen LogP contribution in [-0.4, -0.2) is 96.1 Å². The van der Waals surface area contributed by atoms with Crippen molar-refractivity contribution in [1.82, 2.24) is 25.4 Å². The molecule has 6 rings (SSSR count). The summed E-state index contributed by atoms with van der Waals surface area (Å²) >= 11 is 0. The first-order valence-corrected chi connectivity index (χ1v) is 16.1. The van der Waals surface area contributed by atoms with Crippen LogP contribution in [0.5, 0.6) is 5.75 Å². The molecule has 3 aliphatic rings. The van der Waals surface area contributed by atoms with Crippen molar-refractivity contribution in [2.24, 2.45) is 5.92 Å². The van der Waals surface area contributed by atoms with Crippen LogP contribution in [0.25, 0.3) is 17.0 Å². The fourth-order valence-electron chi connectivity index (χ4n) is 6.22. The number of aromatic nitrogens is 1. The zero-order valence-electron chi connectivity index (χ0n) is 26.6. The van der Waals surface area contributed by atoms with Crippen molar-refractivity contribution in [3.8, 4) is 5.75 Å². The number of nitrogens with one attached hydrogen (secondary N) is 2. The number of fused-ring (bicyclic) bond motifs is 1. The number of likely N-dealkylation sites (N-methyl/N-ethyl adjacent to an activating group) is 1. The van der Waals surface area contributed by atoms with Gasteiger partial charge in [0.15, 0.2) is 0 Å². The molecule has 3 fully saturated rings. The van der Waals surface area contributed by atoms with Gasteiger partial charge in [0.05, 0.1) is 30.3 Å². The number of anilines is 1. The Hall–Kier alpha value is -4.58. The molecule has 2 aliphatic heterocycles. The predicted octanol–water partition coefficient (Wildman–Crippen LogP) is 3.80. The molecular weight excluding hydrogens is 606 g/mol. The Morgan fingerprint density at radius 3 is 2.60 bits per heavy atom. The summed E-state index contributed by atoms with van der Waals surface area (Å²) in [6.45, 7) is 4.44. The van der Waals surface area contributed by atoms with Gasteiger partial charge in [-0.1, -0.05) is 18.2 Å². The third kappa shape index (κ3) is 7.54. The molecule has 1 aromatic heterocycles. The fraction of sp³-hybridized carbons (Fsp3) is 0.429. The van der Waals surface area contributed by atoms with Crippen LogP contribution in [0.3, 0.4) is 0 Å². The summed E-state index contributed by atoms with van der Waals surface area (Å²) in [5.74, 6) is -1.51. The van der Waals surface area contributed by atoms with E-state index in [1.54, 1.807) is 19.1 Å². The number of pyridine rings is 1. The molecule has 12 heteroatoms. The van der Waals surface area contributed by atoms with E-state index in [2.05, 4.69) is 38.5 Å². The Morgan fingerprint density at radius 1 is 1.09 bits per heavy atom. The van der Waals surface area contributed by atoms with Gasteiger partial charge in [0.25, 0.3) is 5.91 Å². The fourth-order valence-corrected chi connectivity index (χ4v) is 6.22. The van der Waals surface area contributed by atoms with Crippen molar-refractivity contribution in [2.75, 3.05) is 51.2 Å². The molecule has 0 spiro atoms. The summed E-state index contributed by atoms with van der Waals surface area (Å²) < 4.78 is 28.1. The molecule has 3 aromatic rings. The van der Waals surface area contributed by atoms with Gasteiger partial charge in [-0.3, -0.25) is 14.4 Å². The minimum absolute atomic E-state index is 0.0400. The van der Waals surface area contributed by atoms with Crippen LogP contribution >= 0.6 is 0 Å². The van der Waals surface area contributed by atoms with Crippen LogP contribution < -0.4 is 15.5 Å². The standard InChI is InChI=1S/C35H40F2N6O4/c1-21(27-18-32(44)30(42-13-11-41(2)12-14-42)16-23(27)6-5-22-3-4-22)39-35(47)31-17-26(37)20-43(31)33(45)19-38-34(46)29-9-7-24-15-25(36)8-10-28(24)40-29/h5-10,15-16,18,21-22,26,31,44H,3-4,11-14,17,19-20H2,1-2H3,(H,38,46)(H,39,47)/b6-5+/t21-,26+,31-/m0/s1. The Balaban J connectivity index is 1.12. The van der Waals surface area contributed by atoms with Crippen LogP contribution in [0.1, 0.15) is 53.8 Å². The highest BCUT2D eigenvalue weighted by Gasteiger charge is 2.40. The second-order valence-corrected chi connectivity index (χ2v) is 12.8. The van der Waals surface area contributed by atoms with Crippen molar-refractivity contribution in [1.29, 1.82) is 0 Å². The lowest BCUT2D eigenvalue weighted by atomic mass is 9.98. The van der Waals surface area contributed by atoms with Gasteiger partial charge in [-0.2, -0.15) is 0 Å². The van der Waals surface area contributed by atoms with Gasteiger partial charge in [0, 0.05) is 38.0 Å². The number of rotatable bonds is 9. The van der Waals surface area contributed by atoms with E-state index in [1.165, 1.54) is 24.3 Å². The topological polar surface area (TPSA) is 118 Å². The van der Waals surface area contributed by atoms with Gasteiger partial charge in [0.1, 0.15) is 29.5 Å². The number of phenolic OH excluding ortho intramolecular Hbond substituents is 1. The maximum Gasteiger partial charge on any atom is 0.270 e. The normalized spacial score (nSPS) is 20.9. The Bertz CT molecular complexity index is 1700. The molecular formula is C35H40F2N6O4. The molecule has 1 saturated carbocycles. The van der Waals surface area contributed by atoms with Crippen molar-refractivity contribution in [3.05, 3.63) is 71.2 Å². The highest BCUT2D eigenvalue weighted by atomic mass is 19.1. The van der Waals surface area contributed by atoms with Crippen LogP contribution in [0.2, 0.25) is 0 Å². The third-order valence-corrected chi connectivity index (χ3v) is 9.18. The first-order chi connectivity index (χ1) is 22.5. The first-order valence-electron chi connectivity index (χ1n) is 16.1. The summed E-state index contributed by atoms with van der Waals surface area (Å²) in [6, 6.07) is 9.04. The monoisotopic (exact) mass is 646 g/mol. The smallest absolute Gasteiger partial charge is 0.270 e. The second-order valence-electron chi connectivity index (χ2n) is 12.8. The van der Waals surface area contributed by atoms with Gasteiger partial charge < -0.3 is 30.4 Å². The minimum atomic E-state index is -1.40. The van der Waals surface area contributed by atoms with Crippen LogP contribution in [0.15, 0.2) is 48.5 Å². The van der Waals surface area contributed by atoms with E-state index < -0.39 is 48.3 Å². The van der Waals surface area contributed by atoms with Gasteiger partial charge in [-0.25, -0.2) is 13.8 Å². The Kier molecular flexibility index (Phi) is 9.40. The van der Waals surface area contributed by atoms with Crippen molar-refractivity contribution < 1.29 is 28.3 Å². The van der Waals surface area contributed by atoms with Gasteiger partial charge in [-0.15, -0.1) is 0 Å². The number of piperazine rings is 1. The van der Waals surface area contributed by atoms with Gasteiger partial charge in [-0.05, 0) is 80.3 Å². The van der Waals surface area contributed by atoms with E-state index in [4.69, 9.17) is 0 Å². The molecule has 2 aromatic carbocycles. The number of hydrogen-bond donors (Lipinski definition) is 3. The molecule has 3 N–H and O–H groups in total. The molecule has 47 heavy (non-hydrogen) atoms. The predicted molar refractivity (Wildman–Crippen MR) is 175 cm³/mol. The van der Waals surface area contributed by atoms with Crippen molar-refractivity contribution >= 4 is 40.4 Å². The maximum absolute atomic E-state index is 14.6. The average Bonchev–Trinajstić information content (AvgIpc) is 3.81. The molecule has 3 amide bonds. The van der Waals surface area contributed by atoms with E-state index in [1.807, 2.05) is 12.1 Å². The van der Waals surface area contributed by atoms with Gasteiger partial charge >= 0.3 is 0 Å². The lowest BCUT2D eigenvalue weighted by Gasteiger charge is -2.35. The number of aromatic hydroxyl groups is 1. The molecule has 3 heterocycles. The number of nitrogens with zero attached hydrogens (tertiary/aromatic N) is 4. The number of amides is 3. The van der Waals surface area contributed by atoms with E-state index in [0.717, 1.165) is 60.7 Å². The third-order valence-electron chi connectivity index (χ3n) is 9.18. The molecule has 2 saturated heterocycles. The molecule has 10 nitrogen and oxygen atoms in total. The Morgan fingerprint density at radius 2 is 1.85 bits per heavy atom. The molecule has 248 valence electrons. The number of allylic oxidation sites excluding steroid dienone is 1. The highest BCUT2D eigenvalue weighted by Crippen LogP contribution is 2.37. The Labute approximate surface area is 272 Å². The van der Waals surface area contributed by atoms with Gasteiger partial charge in [0.2, 0.25) is 11.8 Å². The number of alkyl halides is 1. The van der Waals surface area contributed by atoms with E-state index in [9.17, 15) is 28.3 Å². The zero-order valence-corrected chi connectivity index (χ0v) is 26.6. The minimum Gasteiger partial charge on any atom is -0.506 e. The number of halogens is 2. The number of benzene rings is 2. The number of hydrogen-bond acceptors (Lipinski definition) is 7. The zero-order chi connectivity index (χ0) is 33.2. The van der Waals surface area contributed by atoms with Crippen LogP contribution in [0, 0.1) is 11.7 Å². The lowest BCUT2D eigenvalue weighted by Crippen LogP contribution is -2.49. The molecule has 0 bridgehead atoms. The lowest BCUT2D eigenvalue weighted by molar-refractivity contribution is -0.138. The summed E-state index contributed by atoms with van der Waals surface area (Å²) in [4.78, 5) is 49.2. The average molecular weight is 647 g/mol. The summed E-state index contributed by atoms with van der Waals surface area (Å²) in [5, 5.41) is 17.0. The molecule has 0 radical (unpaired) electrons. The number of likely N-dealkylation sites (tertiary alicyclic amines) is 1. The SMILES string of the molecule is C[C@H](NC(=O)[C@@H]1C[C@@H](F)CN1C(=O)CNC(=O)c1ccc2cc(F)ccc2n1)c1cc(O)c(N2CCN(C)CC2)cc1/C=C/C1CC1. The van der Waals surface area contributed by atoms with E-state index in [-0.39, 0.29) is 24.4 Å². The quantitative estimate of drug-likeness (QED) is 0.324. The molecule has 0 unspecified atom stereocenters. The van der Waals surface area contributed by atoms with Crippen LogP contribution in [0.4, 0.5) is 14.5 Å².